The Labute approximate surface area is 190 Å². The topological polar surface area (TPSA) is 78.7 Å². The lowest BCUT2D eigenvalue weighted by atomic mass is 9.97. The van der Waals surface area contributed by atoms with Crippen molar-refractivity contribution in [3.8, 4) is 0 Å². The summed E-state index contributed by atoms with van der Waals surface area (Å²) in [5.41, 5.74) is 6.17. The summed E-state index contributed by atoms with van der Waals surface area (Å²) >= 11 is 6.06. The van der Waals surface area contributed by atoms with E-state index in [1.54, 1.807) is 12.4 Å². The van der Waals surface area contributed by atoms with Crippen molar-refractivity contribution in [2.75, 3.05) is 5.01 Å². The Morgan fingerprint density at radius 3 is 2.31 bits per heavy atom. The molecule has 1 N–H and O–H groups in total. The summed E-state index contributed by atoms with van der Waals surface area (Å²) in [5, 5.41) is 15.2. The zero-order chi connectivity index (χ0) is 22.5. The lowest BCUT2D eigenvalue weighted by molar-refractivity contribution is -0.134. The first-order chi connectivity index (χ1) is 15.5. The standard InChI is InChI=1S/C23H17ClN4.C2H4O2/c24-18-9-6-16(7-10-18)21-15-23(28(27-21)19-4-2-1-3-5-19)17-8-11-20-22(14-17)26-13-12-25-20;1-2(3)4/h1-14,23H,15H2;1H3,(H,3,4). The molecule has 160 valence electrons. The van der Waals surface area contributed by atoms with Gasteiger partial charge in [-0.25, -0.2) is 0 Å². The second-order valence-corrected chi connectivity index (χ2v) is 7.71. The largest absolute Gasteiger partial charge is 0.481 e. The number of hydrogen-bond donors (Lipinski definition) is 1. The molecule has 0 amide bonds. The number of hydrazone groups is 1. The van der Waals surface area contributed by atoms with Gasteiger partial charge in [0.05, 0.1) is 28.5 Å². The van der Waals surface area contributed by atoms with Crippen LogP contribution in [-0.2, 0) is 4.79 Å². The van der Waals surface area contributed by atoms with Gasteiger partial charge in [-0.1, -0.05) is 48.0 Å². The fourth-order valence-corrected chi connectivity index (χ4v) is 3.72. The molecule has 0 saturated heterocycles. The molecule has 3 aromatic carbocycles. The van der Waals surface area contributed by atoms with Crippen LogP contribution in [0.25, 0.3) is 11.0 Å². The second kappa shape index (κ2) is 9.58. The maximum atomic E-state index is 9.00. The Bertz CT molecular complexity index is 1260. The predicted molar refractivity (Wildman–Crippen MR) is 127 cm³/mol. The number of hydrogen-bond acceptors (Lipinski definition) is 5. The molecule has 0 fully saturated rings. The average molecular weight is 445 g/mol. The maximum Gasteiger partial charge on any atom is 0.300 e. The lowest BCUT2D eigenvalue weighted by Gasteiger charge is -2.24. The van der Waals surface area contributed by atoms with Crippen molar-refractivity contribution in [3.05, 3.63) is 101 Å². The number of aromatic nitrogens is 2. The number of benzene rings is 3. The van der Waals surface area contributed by atoms with Gasteiger partial charge in [0, 0.05) is 30.8 Å². The van der Waals surface area contributed by atoms with Gasteiger partial charge < -0.3 is 5.11 Å². The molecule has 2 heterocycles. The number of carboxylic acid groups (broad SMARTS) is 1. The highest BCUT2D eigenvalue weighted by atomic mass is 35.5. The van der Waals surface area contributed by atoms with Crippen LogP contribution in [0.5, 0.6) is 0 Å². The van der Waals surface area contributed by atoms with Crippen molar-refractivity contribution in [1.29, 1.82) is 0 Å². The van der Waals surface area contributed by atoms with E-state index in [2.05, 4.69) is 39.2 Å². The van der Waals surface area contributed by atoms with Crippen molar-refractivity contribution < 1.29 is 9.90 Å². The van der Waals surface area contributed by atoms with E-state index in [4.69, 9.17) is 26.6 Å². The zero-order valence-electron chi connectivity index (χ0n) is 17.4. The summed E-state index contributed by atoms with van der Waals surface area (Å²) in [5.74, 6) is -0.833. The molecule has 0 spiro atoms. The molecule has 0 bridgehead atoms. The predicted octanol–water partition coefficient (Wildman–Crippen LogP) is 5.73. The summed E-state index contributed by atoms with van der Waals surface area (Å²) in [7, 11) is 0. The first-order valence-corrected chi connectivity index (χ1v) is 10.5. The average Bonchev–Trinajstić information content (AvgIpc) is 3.25. The molecule has 5 rings (SSSR count). The van der Waals surface area contributed by atoms with Crippen molar-refractivity contribution in [2.24, 2.45) is 5.10 Å². The normalized spacial score (nSPS) is 15.1. The highest BCUT2D eigenvalue weighted by Gasteiger charge is 2.30. The fourth-order valence-electron chi connectivity index (χ4n) is 3.59. The van der Waals surface area contributed by atoms with Gasteiger partial charge in [0.1, 0.15) is 0 Å². The van der Waals surface area contributed by atoms with Gasteiger partial charge >= 0.3 is 0 Å². The molecule has 0 aliphatic carbocycles. The Hall–Kier alpha value is -3.77. The second-order valence-electron chi connectivity index (χ2n) is 7.28. The molecule has 7 heteroatoms. The van der Waals surface area contributed by atoms with Crippen molar-refractivity contribution in [3.63, 3.8) is 0 Å². The number of halogens is 1. The number of para-hydroxylation sites is 1. The van der Waals surface area contributed by atoms with E-state index in [0.717, 1.165) is 46.4 Å². The molecular weight excluding hydrogens is 424 g/mol. The van der Waals surface area contributed by atoms with E-state index in [0.29, 0.717) is 0 Å². The molecule has 0 radical (unpaired) electrons. The summed E-state index contributed by atoms with van der Waals surface area (Å²) in [4.78, 5) is 17.8. The zero-order valence-corrected chi connectivity index (χ0v) is 18.1. The fraction of sp³-hybridized carbons (Fsp3) is 0.120. The van der Waals surface area contributed by atoms with Crippen LogP contribution in [0.4, 0.5) is 5.69 Å². The number of carboxylic acids is 1. The van der Waals surface area contributed by atoms with Gasteiger partial charge in [-0.15, -0.1) is 0 Å². The van der Waals surface area contributed by atoms with Gasteiger partial charge in [-0.3, -0.25) is 19.8 Å². The van der Waals surface area contributed by atoms with Gasteiger partial charge in [0.15, 0.2) is 0 Å². The number of aliphatic carboxylic acids is 1. The monoisotopic (exact) mass is 444 g/mol. The summed E-state index contributed by atoms with van der Waals surface area (Å²) in [6.07, 6.45) is 4.25. The molecule has 0 saturated carbocycles. The minimum absolute atomic E-state index is 0.0967. The maximum absolute atomic E-state index is 9.00. The van der Waals surface area contributed by atoms with E-state index in [-0.39, 0.29) is 6.04 Å². The smallest absolute Gasteiger partial charge is 0.300 e. The van der Waals surface area contributed by atoms with Crippen LogP contribution in [0.3, 0.4) is 0 Å². The molecule has 4 aromatic rings. The third-order valence-corrected chi connectivity index (χ3v) is 5.24. The van der Waals surface area contributed by atoms with Crippen molar-refractivity contribution in [1.82, 2.24) is 9.97 Å². The van der Waals surface area contributed by atoms with Crippen LogP contribution in [0, 0.1) is 0 Å². The third kappa shape index (κ3) is 4.92. The van der Waals surface area contributed by atoms with Crippen LogP contribution < -0.4 is 5.01 Å². The molecule has 32 heavy (non-hydrogen) atoms. The van der Waals surface area contributed by atoms with E-state index >= 15 is 0 Å². The van der Waals surface area contributed by atoms with E-state index in [1.807, 2.05) is 48.5 Å². The Morgan fingerprint density at radius 2 is 1.62 bits per heavy atom. The molecule has 1 aliphatic rings. The Balaban J connectivity index is 0.000000567. The summed E-state index contributed by atoms with van der Waals surface area (Å²) < 4.78 is 0. The van der Waals surface area contributed by atoms with E-state index in [1.165, 1.54) is 5.56 Å². The summed E-state index contributed by atoms with van der Waals surface area (Å²) in [6, 6.07) is 24.5. The minimum Gasteiger partial charge on any atom is -0.481 e. The molecule has 6 nitrogen and oxygen atoms in total. The first kappa shape index (κ1) is 21.5. The summed E-state index contributed by atoms with van der Waals surface area (Å²) in [6.45, 7) is 1.08. The van der Waals surface area contributed by atoms with Crippen LogP contribution in [0.1, 0.15) is 30.5 Å². The van der Waals surface area contributed by atoms with Crippen LogP contribution in [-0.4, -0.2) is 26.8 Å². The Morgan fingerprint density at radius 1 is 0.969 bits per heavy atom. The molecular formula is C25H21ClN4O2. The van der Waals surface area contributed by atoms with Gasteiger partial charge in [0.25, 0.3) is 5.97 Å². The van der Waals surface area contributed by atoms with Crippen molar-refractivity contribution >= 4 is 40.0 Å². The SMILES string of the molecule is CC(=O)O.Clc1ccc(C2=NN(c3ccccc3)C(c3ccc4nccnc4c3)C2)cc1. The molecule has 1 atom stereocenters. The number of nitrogens with zero attached hydrogens (tertiary/aromatic N) is 4. The molecule has 1 aliphatic heterocycles. The highest BCUT2D eigenvalue weighted by Crippen LogP contribution is 2.37. The minimum atomic E-state index is -0.833. The highest BCUT2D eigenvalue weighted by molar-refractivity contribution is 6.30. The van der Waals surface area contributed by atoms with Gasteiger partial charge in [-0.05, 0) is 47.5 Å². The number of fused-ring (bicyclic) bond motifs is 1. The van der Waals surface area contributed by atoms with Crippen molar-refractivity contribution in [2.45, 2.75) is 19.4 Å². The number of rotatable bonds is 3. The number of anilines is 1. The Kier molecular flexibility index (Phi) is 6.42. The number of carbonyl (C=O) groups is 1. The molecule has 1 aromatic heterocycles. The van der Waals surface area contributed by atoms with Crippen LogP contribution in [0.2, 0.25) is 5.02 Å². The van der Waals surface area contributed by atoms with E-state index < -0.39 is 5.97 Å². The third-order valence-electron chi connectivity index (χ3n) is 4.99. The first-order valence-electron chi connectivity index (χ1n) is 10.1. The molecule has 1 unspecified atom stereocenters. The van der Waals surface area contributed by atoms with E-state index in [9.17, 15) is 0 Å². The lowest BCUT2D eigenvalue weighted by Crippen LogP contribution is -2.18. The van der Waals surface area contributed by atoms with Crippen LogP contribution >= 0.6 is 11.6 Å². The van der Waals surface area contributed by atoms with Gasteiger partial charge in [-0.2, -0.15) is 5.10 Å². The van der Waals surface area contributed by atoms with Crippen LogP contribution in [0.15, 0.2) is 90.3 Å². The van der Waals surface area contributed by atoms with Gasteiger partial charge in [0.2, 0.25) is 0 Å². The quantitative estimate of drug-likeness (QED) is 0.436.